The van der Waals surface area contributed by atoms with Crippen LogP contribution in [-0.4, -0.2) is 11.1 Å². The fraction of sp³-hybridized carbons (Fsp3) is 0.833. The molecule has 0 bridgehead atoms. The molecule has 0 saturated carbocycles. The van der Waals surface area contributed by atoms with E-state index in [-0.39, 0.29) is 5.41 Å². The van der Waals surface area contributed by atoms with E-state index < -0.39 is 0 Å². The molecule has 0 rings (SSSR count). The molecule has 2 nitrogen and oxygen atoms in total. The Labute approximate surface area is 89.1 Å². The van der Waals surface area contributed by atoms with Gasteiger partial charge in [-0.05, 0) is 31.3 Å². The maximum absolute atomic E-state index is 5.90. The number of rotatable bonds is 4. The molecular weight excluding hydrogens is 172 g/mol. The average molecular weight is 198 g/mol. The Morgan fingerprint density at radius 2 is 1.86 bits per heavy atom. The van der Waals surface area contributed by atoms with Crippen molar-refractivity contribution in [2.75, 3.05) is 0 Å². The van der Waals surface area contributed by atoms with Gasteiger partial charge in [0.2, 0.25) is 0 Å². The molecule has 14 heavy (non-hydrogen) atoms. The molecule has 0 heterocycles. The lowest BCUT2D eigenvalue weighted by Crippen LogP contribution is -2.33. The Kier molecular flexibility index (Phi) is 5.21. The number of hydrogen-bond acceptors (Lipinski definition) is 2. The summed E-state index contributed by atoms with van der Waals surface area (Å²) >= 11 is 0. The van der Waals surface area contributed by atoms with Crippen molar-refractivity contribution in [3.63, 3.8) is 0 Å². The highest BCUT2D eigenvalue weighted by atomic mass is 15.4. The Hall–Kier alpha value is -0.500. The van der Waals surface area contributed by atoms with Gasteiger partial charge in [-0.25, -0.2) is 5.84 Å². The van der Waals surface area contributed by atoms with Gasteiger partial charge in [-0.3, -0.25) is 0 Å². The van der Waals surface area contributed by atoms with Crippen LogP contribution in [0.4, 0.5) is 0 Å². The van der Waals surface area contributed by atoms with E-state index in [0.29, 0.717) is 6.04 Å². The van der Waals surface area contributed by atoms with Gasteiger partial charge in [-0.15, -0.1) is 0 Å². The van der Waals surface area contributed by atoms with Crippen molar-refractivity contribution in [2.24, 2.45) is 11.3 Å². The van der Waals surface area contributed by atoms with Gasteiger partial charge < -0.3 is 5.01 Å². The highest BCUT2D eigenvalue weighted by molar-refractivity contribution is 5.10. The van der Waals surface area contributed by atoms with Crippen LogP contribution in [-0.2, 0) is 0 Å². The minimum absolute atomic E-state index is 0.225. The molecule has 0 amide bonds. The molecule has 0 aromatic carbocycles. The molecular formula is C12H26N2. The second-order valence-corrected chi connectivity index (χ2v) is 5.20. The topological polar surface area (TPSA) is 29.3 Å². The standard InChI is InChI=1S/C12H26N2/c1-7-8-11(12(4,5)6)9-14(13)10(2)3/h9-10H,7-8,13H2,1-6H3/b11-9+. The molecule has 0 spiro atoms. The van der Waals surface area contributed by atoms with Gasteiger partial charge in [-0.1, -0.05) is 34.1 Å². The van der Waals surface area contributed by atoms with Crippen molar-refractivity contribution in [1.29, 1.82) is 0 Å². The Morgan fingerprint density at radius 1 is 1.36 bits per heavy atom. The highest BCUT2D eigenvalue weighted by Crippen LogP contribution is 2.29. The lowest BCUT2D eigenvalue weighted by Gasteiger charge is -2.27. The lowest BCUT2D eigenvalue weighted by molar-refractivity contribution is 0.310. The van der Waals surface area contributed by atoms with Crippen molar-refractivity contribution in [3.05, 3.63) is 11.8 Å². The van der Waals surface area contributed by atoms with Gasteiger partial charge in [0.25, 0.3) is 0 Å². The van der Waals surface area contributed by atoms with Gasteiger partial charge in [0.15, 0.2) is 0 Å². The molecule has 2 N–H and O–H groups in total. The number of hydrogen-bond donors (Lipinski definition) is 1. The molecule has 0 aromatic rings. The first-order valence-corrected chi connectivity index (χ1v) is 5.53. The Morgan fingerprint density at radius 3 is 2.14 bits per heavy atom. The van der Waals surface area contributed by atoms with Crippen LogP contribution in [0.25, 0.3) is 0 Å². The summed E-state index contributed by atoms with van der Waals surface area (Å²) in [6, 6.07) is 0.365. The van der Waals surface area contributed by atoms with Gasteiger partial charge in [0.1, 0.15) is 0 Å². The van der Waals surface area contributed by atoms with Crippen LogP contribution in [0, 0.1) is 5.41 Å². The van der Waals surface area contributed by atoms with E-state index >= 15 is 0 Å². The maximum Gasteiger partial charge on any atom is 0.0389 e. The summed E-state index contributed by atoms with van der Waals surface area (Å²) in [7, 11) is 0. The van der Waals surface area contributed by atoms with Crippen LogP contribution < -0.4 is 5.84 Å². The predicted molar refractivity (Wildman–Crippen MR) is 63.6 cm³/mol. The first kappa shape index (κ1) is 13.5. The van der Waals surface area contributed by atoms with Crippen LogP contribution in [0.5, 0.6) is 0 Å². The van der Waals surface area contributed by atoms with Crippen LogP contribution in [0.3, 0.4) is 0 Å². The summed E-state index contributed by atoms with van der Waals surface area (Å²) in [6.07, 6.45) is 4.41. The summed E-state index contributed by atoms with van der Waals surface area (Å²) in [6.45, 7) is 13.1. The predicted octanol–water partition coefficient (Wildman–Crippen LogP) is 3.30. The molecule has 0 aliphatic carbocycles. The summed E-state index contributed by atoms with van der Waals surface area (Å²) in [4.78, 5) is 0. The van der Waals surface area contributed by atoms with Crippen molar-refractivity contribution >= 4 is 0 Å². The van der Waals surface area contributed by atoms with Gasteiger partial charge in [0.05, 0.1) is 0 Å². The molecule has 0 aliphatic rings. The monoisotopic (exact) mass is 198 g/mol. The molecule has 0 saturated heterocycles. The minimum atomic E-state index is 0.225. The third-order valence-electron chi connectivity index (χ3n) is 2.38. The zero-order chi connectivity index (χ0) is 11.4. The van der Waals surface area contributed by atoms with Gasteiger partial charge in [0, 0.05) is 12.2 Å². The van der Waals surface area contributed by atoms with E-state index in [2.05, 4.69) is 47.7 Å². The third kappa shape index (κ3) is 4.66. The summed E-state index contributed by atoms with van der Waals surface area (Å²) in [5.74, 6) is 5.90. The van der Waals surface area contributed by atoms with E-state index in [1.165, 1.54) is 12.0 Å². The van der Waals surface area contributed by atoms with Crippen molar-refractivity contribution in [1.82, 2.24) is 5.01 Å². The zero-order valence-corrected chi connectivity index (χ0v) is 10.6. The van der Waals surface area contributed by atoms with E-state index in [4.69, 9.17) is 5.84 Å². The second kappa shape index (κ2) is 5.40. The van der Waals surface area contributed by atoms with Crippen LogP contribution >= 0.6 is 0 Å². The fourth-order valence-electron chi connectivity index (χ4n) is 1.23. The highest BCUT2D eigenvalue weighted by Gasteiger charge is 2.17. The van der Waals surface area contributed by atoms with E-state index in [1.807, 2.05) is 0 Å². The lowest BCUT2D eigenvalue weighted by atomic mass is 9.84. The first-order chi connectivity index (χ1) is 6.29. The number of hydrazine groups is 1. The maximum atomic E-state index is 5.90. The zero-order valence-electron chi connectivity index (χ0n) is 10.6. The third-order valence-corrected chi connectivity index (χ3v) is 2.38. The van der Waals surface area contributed by atoms with E-state index in [1.54, 1.807) is 5.01 Å². The molecule has 84 valence electrons. The Bertz CT molecular complexity index is 187. The molecule has 0 aromatic heterocycles. The molecule has 2 heteroatoms. The quantitative estimate of drug-likeness (QED) is 0.555. The van der Waals surface area contributed by atoms with Crippen molar-refractivity contribution in [3.8, 4) is 0 Å². The Balaban J connectivity index is 4.64. The van der Waals surface area contributed by atoms with Crippen molar-refractivity contribution < 1.29 is 0 Å². The normalized spacial score (nSPS) is 13.6. The molecule has 0 atom stereocenters. The number of allylic oxidation sites excluding steroid dienone is 1. The number of nitrogens with two attached hydrogens (primary N) is 1. The van der Waals surface area contributed by atoms with Gasteiger partial charge in [-0.2, -0.15) is 0 Å². The SMILES string of the molecule is CCC/C(=C\N(N)C(C)C)C(C)(C)C. The molecule has 0 fully saturated rings. The summed E-state index contributed by atoms with van der Waals surface area (Å²) in [5, 5.41) is 1.80. The molecule has 0 radical (unpaired) electrons. The smallest absolute Gasteiger partial charge is 0.0389 e. The number of nitrogens with zero attached hydrogens (tertiary/aromatic N) is 1. The van der Waals surface area contributed by atoms with Crippen LogP contribution in [0.15, 0.2) is 11.8 Å². The summed E-state index contributed by atoms with van der Waals surface area (Å²) in [5.41, 5.74) is 1.65. The summed E-state index contributed by atoms with van der Waals surface area (Å²) < 4.78 is 0. The first-order valence-electron chi connectivity index (χ1n) is 5.53. The van der Waals surface area contributed by atoms with Crippen LogP contribution in [0.1, 0.15) is 54.4 Å². The van der Waals surface area contributed by atoms with Crippen molar-refractivity contribution in [2.45, 2.75) is 60.4 Å². The van der Waals surface area contributed by atoms with E-state index in [9.17, 15) is 0 Å². The molecule has 0 unspecified atom stereocenters. The minimum Gasteiger partial charge on any atom is -0.316 e. The van der Waals surface area contributed by atoms with Gasteiger partial charge >= 0.3 is 0 Å². The van der Waals surface area contributed by atoms with E-state index in [0.717, 1.165) is 6.42 Å². The second-order valence-electron chi connectivity index (χ2n) is 5.20. The average Bonchev–Trinajstić information content (AvgIpc) is 2.01. The fourth-order valence-corrected chi connectivity index (χ4v) is 1.23. The van der Waals surface area contributed by atoms with Crippen LogP contribution in [0.2, 0.25) is 0 Å². The largest absolute Gasteiger partial charge is 0.316 e. The molecule has 0 aliphatic heterocycles.